The first-order valence-electron chi connectivity index (χ1n) is 8.32. The minimum Gasteiger partial charge on any atom is -0.494 e. The largest absolute Gasteiger partial charge is 0.494 e. The number of aromatic nitrogens is 3. The van der Waals surface area contributed by atoms with Crippen molar-refractivity contribution in [3.05, 3.63) is 60.2 Å². The SMILES string of the molecule is CCCc1c2cnc3c(OC)cccc3c2nn1-c1ccccc1F. The zero-order valence-electron chi connectivity index (χ0n) is 14.2. The lowest BCUT2D eigenvalue weighted by atomic mass is 10.1. The third kappa shape index (κ3) is 2.43. The van der Waals surface area contributed by atoms with Gasteiger partial charge in [0.1, 0.15) is 28.3 Å². The maximum absolute atomic E-state index is 14.4. The van der Waals surface area contributed by atoms with Crippen molar-refractivity contribution >= 4 is 21.8 Å². The highest BCUT2D eigenvalue weighted by Crippen LogP contribution is 2.32. The average molecular weight is 335 g/mol. The first-order valence-corrected chi connectivity index (χ1v) is 8.32. The van der Waals surface area contributed by atoms with Crippen LogP contribution < -0.4 is 4.74 Å². The molecule has 2 aromatic heterocycles. The molecule has 2 aromatic carbocycles. The van der Waals surface area contributed by atoms with Crippen molar-refractivity contribution in [1.82, 2.24) is 14.8 Å². The minimum atomic E-state index is -0.289. The number of hydrogen-bond donors (Lipinski definition) is 0. The molecule has 0 unspecified atom stereocenters. The van der Waals surface area contributed by atoms with Gasteiger partial charge < -0.3 is 4.74 Å². The van der Waals surface area contributed by atoms with Gasteiger partial charge in [-0.3, -0.25) is 4.98 Å². The van der Waals surface area contributed by atoms with Crippen LogP contribution in [0.2, 0.25) is 0 Å². The molecule has 4 rings (SSSR count). The molecule has 0 aliphatic carbocycles. The van der Waals surface area contributed by atoms with Gasteiger partial charge in [0.05, 0.1) is 12.8 Å². The summed E-state index contributed by atoms with van der Waals surface area (Å²) in [5.74, 6) is 0.416. The van der Waals surface area contributed by atoms with Gasteiger partial charge in [-0.15, -0.1) is 0 Å². The summed E-state index contributed by atoms with van der Waals surface area (Å²) in [4.78, 5) is 4.58. The van der Waals surface area contributed by atoms with E-state index in [1.807, 2.05) is 30.5 Å². The Balaban J connectivity index is 2.09. The first kappa shape index (κ1) is 15.6. The number of fused-ring (bicyclic) bond motifs is 3. The molecule has 0 saturated heterocycles. The van der Waals surface area contributed by atoms with E-state index in [0.717, 1.165) is 40.3 Å². The summed E-state index contributed by atoms with van der Waals surface area (Å²) in [5, 5.41) is 6.60. The Hall–Kier alpha value is -2.95. The monoisotopic (exact) mass is 335 g/mol. The molecule has 0 bridgehead atoms. The second-order valence-electron chi connectivity index (χ2n) is 5.94. The molecule has 0 spiro atoms. The van der Waals surface area contributed by atoms with E-state index >= 15 is 0 Å². The van der Waals surface area contributed by atoms with Crippen LogP contribution in [0.5, 0.6) is 5.75 Å². The molecule has 4 nitrogen and oxygen atoms in total. The van der Waals surface area contributed by atoms with Gasteiger partial charge in [0.15, 0.2) is 0 Å². The predicted molar refractivity (Wildman–Crippen MR) is 96.9 cm³/mol. The predicted octanol–water partition coefficient (Wildman–Crippen LogP) is 4.67. The summed E-state index contributed by atoms with van der Waals surface area (Å²) < 4.78 is 21.5. The topological polar surface area (TPSA) is 39.9 Å². The maximum atomic E-state index is 14.4. The molecule has 0 aliphatic heterocycles. The second-order valence-corrected chi connectivity index (χ2v) is 5.94. The number of benzene rings is 2. The van der Waals surface area contributed by atoms with Crippen LogP contribution in [0.15, 0.2) is 48.7 Å². The summed E-state index contributed by atoms with van der Waals surface area (Å²) in [7, 11) is 1.63. The Labute approximate surface area is 144 Å². The van der Waals surface area contributed by atoms with Crippen LogP contribution in [0, 0.1) is 5.82 Å². The van der Waals surface area contributed by atoms with Crippen molar-refractivity contribution in [2.24, 2.45) is 0 Å². The third-order valence-corrected chi connectivity index (χ3v) is 4.39. The molecule has 0 fully saturated rings. The van der Waals surface area contributed by atoms with Gasteiger partial charge in [-0.25, -0.2) is 9.07 Å². The van der Waals surface area contributed by atoms with Crippen molar-refractivity contribution < 1.29 is 9.13 Å². The Kier molecular flexibility index (Phi) is 3.84. The molecule has 0 N–H and O–H groups in total. The van der Waals surface area contributed by atoms with Gasteiger partial charge in [-0.2, -0.15) is 5.10 Å². The number of aryl methyl sites for hydroxylation is 1. The van der Waals surface area contributed by atoms with Crippen LogP contribution in [-0.4, -0.2) is 21.9 Å². The van der Waals surface area contributed by atoms with E-state index in [9.17, 15) is 4.39 Å². The Morgan fingerprint density at radius 3 is 2.64 bits per heavy atom. The first-order chi connectivity index (χ1) is 12.2. The molecule has 25 heavy (non-hydrogen) atoms. The lowest BCUT2D eigenvalue weighted by Gasteiger charge is -2.07. The van der Waals surface area contributed by atoms with Crippen molar-refractivity contribution in [1.29, 1.82) is 0 Å². The summed E-state index contributed by atoms with van der Waals surface area (Å²) in [6, 6.07) is 12.5. The highest BCUT2D eigenvalue weighted by atomic mass is 19.1. The summed E-state index contributed by atoms with van der Waals surface area (Å²) in [5.41, 5.74) is 3.01. The van der Waals surface area contributed by atoms with Gasteiger partial charge in [-0.05, 0) is 24.6 Å². The molecule has 0 aliphatic rings. The molecular weight excluding hydrogens is 317 g/mol. The molecule has 0 saturated carbocycles. The van der Waals surface area contributed by atoms with Gasteiger partial charge >= 0.3 is 0 Å². The van der Waals surface area contributed by atoms with Gasteiger partial charge in [0, 0.05) is 17.0 Å². The molecule has 0 atom stereocenters. The smallest absolute Gasteiger partial charge is 0.148 e. The molecule has 4 aromatic rings. The van der Waals surface area contributed by atoms with Crippen LogP contribution >= 0.6 is 0 Å². The van der Waals surface area contributed by atoms with Gasteiger partial charge in [-0.1, -0.05) is 37.6 Å². The Morgan fingerprint density at radius 1 is 1.04 bits per heavy atom. The van der Waals surface area contributed by atoms with E-state index in [-0.39, 0.29) is 5.82 Å². The van der Waals surface area contributed by atoms with Crippen LogP contribution in [-0.2, 0) is 6.42 Å². The van der Waals surface area contributed by atoms with Crippen molar-refractivity contribution in [2.45, 2.75) is 19.8 Å². The van der Waals surface area contributed by atoms with Gasteiger partial charge in [0.2, 0.25) is 0 Å². The molecule has 0 radical (unpaired) electrons. The number of ether oxygens (including phenoxy) is 1. The number of halogens is 1. The molecule has 0 amide bonds. The Morgan fingerprint density at radius 2 is 1.88 bits per heavy atom. The zero-order valence-corrected chi connectivity index (χ0v) is 14.2. The number of nitrogens with zero attached hydrogens (tertiary/aromatic N) is 3. The number of hydrogen-bond acceptors (Lipinski definition) is 3. The fraction of sp³-hybridized carbons (Fsp3) is 0.200. The number of pyridine rings is 1. The van der Waals surface area contributed by atoms with E-state index in [1.165, 1.54) is 6.07 Å². The van der Waals surface area contributed by atoms with Crippen LogP contribution in [0.25, 0.3) is 27.5 Å². The van der Waals surface area contributed by atoms with Crippen LogP contribution in [0.4, 0.5) is 4.39 Å². The number of methoxy groups -OCH3 is 1. The average Bonchev–Trinajstić information content (AvgIpc) is 3.01. The standard InChI is InChI=1S/C20H18FN3O/c1-3-7-16-14-12-22-20-13(8-6-11-18(20)25-2)19(14)23-24(16)17-10-5-4-9-15(17)21/h4-6,8-12H,3,7H2,1-2H3. The molecular formula is C20H18FN3O. The van der Waals surface area contributed by atoms with E-state index in [2.05, 4.69) is 11.9 Å². The van der Waals surface area contributed by atoms with E-state index < -0.39 is 0 Å². The number of para-hydroxylation sites is 2. The molecule has 126 valence electrons. The van der Waals surface area contributed by atoms with E-state index in [1.54, 1.807) is 23.9 Å². The quantitative estimate of drug-likeness (QED) is 0.544. The van der Waals surface area contributed by atoms with E-state index in [0.29, 0.717) is 11.4 Å². The van der Waals surface area contributed by atoms with Crippen molar-refractivity contribution in [2.75, 3.05) is 7.11 Å². The minimum absolute atomic E-state index is 0.289. The second kappa shape index (κ2) is 6.16. The van der Waals surface area contributed by atoms with Crippen LogP contribution in [0.1, 0.15) is 19.0 Å². The third-order valence-electron chi connectivity index (χ3n) is 4.39. The zero-order chi connectivity index (χ0) is 17.4. The normalized spacial score (nSPS) is 11.3. The summed E-state index contributed by atoms with van der Waals surface area (Å²) >= 11 is 0. The fourth-order valence-electron chi connectivity index (χ4n) is 3.24. The maximum Gasteiger partial charge on any atom is 0.148 e. The molecule has 2 heterocycles. The molecule has 5 heteroatoms. The van der Waals surface area contributed by atoms with Gasteiger partial charge in [0.25, 0.3) is 0 Å². The number of rotatable bonds is 4. The van der Waals surface area contributed by atoms with E-state index in [4.69, 9.17) is 9.84 Å². The van der Waals surface area contributed by atoms with Crippen LogP contribution in [0.3, 0.4) is 0 Å². The van der Waals surface area contributed by atoms with Crippen molar-refractivity contribution in [3.63, 3.8) is 0 Å². The van der Waals surface area contributed by atoms with Crippen molar-refractivity contribution in [3.8, 4) is 11.4 Å². The lowest BCUT2D eigenvalue weighted by molar-refractivity contribution is 0.419. The lowest BCUT2D eigenvalue weighted by Crippen LogP contribution is -2.04. The Bertz CT molecular complexity index is 1070. The summed E-state index contributed by atoms with van der Waals surface area (Å²) in [6.07, 6.45) is 3.54. The summed E-state index contributed by atoms with van der Waals surface area (Å²) in [6.45, 7) is 2.10. The highest BCUT2D eigenvalue weighted by Gasteiger charge is 2.18. The fourth-order valence-corrected chi connectivity index (χ4v) is 3.24. The highest BCUT2D eigenvalue weighted by molar-refractivity contribution is 6.05.